The maximum Gasteiger partial charge on any atom is 0.358 e. The third-order valence-electron chi connectivity index (χ3n) is 2.44. The Morgan fingerprint density at radius 1 is 1.17 bits per heavy atom. The first-order valence-electron chi connectivity index (χ1n) is 7.72. The van der Waals surface area contributed by atoms with Gasteiger partial charge in [0.1, 0.15) is 0 Å². The molecule has 0 saturated carbocycles. The van der Waals surface area contributed by atoms with E-state index in [1.165, 1.54) is 7.11 Å². The maximum atomic E-state index is 11.7. The average molecular weight is 385 g/mol. The molecule has 0 fully saturated rings. The Kier molecular flexibility index (Phi) is 10.8. The van der Waals surface area contributed by atoms with Gasteiger partial charge in [-0.05, 0) is 31.2 Å². The number of halogens is 1. The van der Waals surface area contributed by atoms with Crippen LogP contribution in [0, 0.1) is 0 Å². The summed E-state index contributed by atoms with van der Waals surface area (Å²) in [7, 11) is 1.53. The second kappa shape index (κ2) is 11.7. The summed E-state index contributed by atoms with van der Waals surface area (Å²) in [5, 5.41) is 4.20. The number of benzene rings is 1. The van der Waals surface area contributed by atoms with E-state index in [2.05, 4.69) is 21.0 Å². The van der Waals surface area contributed by atoms with Gasteiger partial charge in [-0.2, -0.15) is 5.10 Å². The van der Waals surface area contributed by atoms with Gasteiger partial charge in [-0.25, -0.2) is 9.48 Å². The lowest BCUT2D eigenvalue weighted by molar-refractivity contribution is 0.0519. The van der Waals surface area contributed by atoms with Gasteiger partial charge >= 0.3 is 5.97 Å². The SMILES string of the molecule is CC.CC.CCOC(=O)c1cc(OC)n(-c2ccc(Br)cc2)n1. The lowest BCUT2D eigenvalue weighted by atomic mass is 10.3. The highest BCUT2D eigenvalue weighted by molar-refractivity contribution is 9.10. The molecule has 0 saturated heterocycles. The van der Waals surface area contributed by atoms with Crippen molar-refractivity contribution in [3.8, 4) is 11.6 Å². The van der Waals surface area contributed by atoms with Crippen molar-refractivity contribution in [1.82, 2.24) is 9.78 Å². The van der Waals surface area contributed by atoms with E-state index in [-0.39, 0.29) is 5.69 Å². The van der Waals surface area contributed by atoms with Crippen LogP contribution in [0.15, 0.2) is 34.8 Å². The predicted molar refractivity (Wildman–Crippen MR) is 96.5 cm³/mol. The molecule has 0 spiro atoms. The van der Waals surface area contributed by atoms with Gasteiger partial charge in [0.25, 0.3) is 0 Å². The number of nitrogens with zero attached hydrogens (tertiary/aromatic N) is 2. The van der Waals surface area contributed by atoms with Gasteiger partial charge < -0.3 is 9.47 Å². The molecule has 1 aromatic heterocycles. The number of aromatic nitrogens is 2. The van der Waals surface area contributed by atoms with Crippen LogP contribution in [0.5, 0.6) is 5.88 Å². The molecule has 6 heteroatoms. The molecular formula is C17H25BrN2O3. The number of methoxy groups -OCH3 is 1. The summed E-state index contributed by atoms with van der Waals surface area (Å²) >= 11 is 3.37. The standard InChI is InChI=1S/C13H13BrN2O3.2C2H6/c1-3-19-13(17)11-8-12(18-2)16(15-11)10-6-4-9(14)5-7-10;2*1-2/h4-8H,3H2,1-2H3;2*1-2H3. The molecule has 0 N–H and O–H groups in total. The van der Waals surface area contributed by atoms with Crippen LogP contribution in [-0.4, -0.2) is 29.5 Å². The summed E-state index contributed by atoms with van der Waals surface area (Å²) in [5.41, 5.74) is 1.03. The van der Waals surface area contributed by atoms with E-state index in [1.807, 2.05) is 52.0 Å². The van der Waals surface area contributed by atoms with Crippen molar-refractivity contribution >= 4 is 21.9 Å². The van der Waals surface area contributed by atoms with E-state index in [0.29, 0.717) is 12.5 Å². The van der Waals surface area contributed by atoms with Crippen LogP contribution in [0.3, 0.4) is 0 Å². The summed E-state index contributed by atoms with van der Waals surface area (Å²) in [6.07, 6.45) is 0. The second-order valence-corrected chi connectivity index (χ2v) is 4.60. The van der Waals surface area contributed by atoms with Crippen molar-refractivity contribution in [3.05, 3.63) is 40.5 Å². The monoisotopic (exact) mass is 384 g/mol. The molecule has 1 heterocycles. The zero-order valence-corrected chi connectivity index (χ0v) is 16.2. The van der Waals surface area contributed by atoms with Crippen LogP contribution in [-0.2, 0) is 4.74 Å². The summed E-state index contributed by atoms with van der Waals surface area (Å²) < 4.78 is 12.7. The Bertz CT molecular complexity index is 580. The zero-order valence-electron chi connectivity index (χ0n) is 14.6. The van der Waals surface area contributed by atoms with Gasteiger partial charge in [0.2, 0.25) is 5.88 Å². The van der Waals surface area contributed by atoms with Gasteiger partial charge in [-0.15, -0.1) is 0 Å². The van der Waals surface area contributed by atoms with Gasteiger partial charge in [0.15, 0.2) is 5.69 Å². The highest BCUT2D eigenvalue weighted by Crippen LogP contribution is 2.21. The molecule has 0 radical (unpaired) electrons. The highest BCUT2D eigenvalue weighted by Gasteiger charge is 2.16. The fraction of sp³-hybridized carbons (Fsp3) is 0.412. The quantitative estimate of drug-likeness (QED) is 0.705. The van der Waals surface area contributed by atoms with E-state index in [4.69, 9.17) is 9.47 Å². The minimum absolute atomic E-state index is 0.224. The van der Waals surface area contributed by atoms with Crippen molar-refractivity contribution in [2.45, 2.75) is 34.6 Å². The van der Waals surface area contributed by atoms with Crippen molar-refractivity contribution in [1.29, 1.82) is 0 Å². The number of carbonyl (C=O) groups excluding carboxylic acids is 1. The Morgan fingerprint density at radius 3 is 2.22 bits per heavy atom. The Hall–Kier alpha value is -1.82. The Balaban J connectivity index is 0.00000112. The molecule has 0 atom stereocenters. The number of hydrogen-bond donors (Lipinski definition) is 0. The van der Waals surface area contributed by atoms with Gasteiger partial charge in [-0.1, -0.05) is 43.6 Å². The van der Waals surface area contributed by atoms with Gasteiger partial charge in [-0.3, -0.25) is 0 Å². The van der Waals surface area contributed by atoms with Crippen molar-refractivity contribution < 1.29 is 14.3 Å². The second-order valence-electron chi connectivity index (χ2n) is 3.68. The van der Waals surface area contributed by atoms with Crippen molar-refractivity contribution in [2.24, 2.45) is 0 Å². The predicted octanol–water partition coefficient (Wildman–Crippen LogP) is 4.87. The van der Waals surface area contributed by atoms with Crippen molar-refractivity contribution in [3.63, 3.8) is 0 Å². The van der Waals surface area contributed by atoms with Crippen LogP contribution in [0.1, 0.15) is 45.1 Å². The van der Waals surface area contributed by atoms with Crippen LogP contribution in [0.4, 0.5) is 0 Å². The molecule has 2 aromatic rings. The summed E-state index contributed by atoms with van der Waals surface area (Å²) in [4.78, 5) is 11.7. The molecule has 5 nitrogen and oxygen atoms in total. The van der Waals surface area contributed by atoms with Crippen LogP contribution in [0.25, 0.3) is 5.69 Å². The van der Waals surface area contributed by atoms with Crippen LogP contribution >= 0.6 is 15.9 Å². The third kappa shape index (κ3) is 6.06. The first kappa shape index (κ1) is 21.2. The summed E-state index contributed by atoms with van der Waals surface area (Å²) in [5.74, 6) is 0.0158. The smallest absolute Gasteiger partial charge is 0.358 e. The number of hydrogen-bond acceptors (Lipinski definition) is 4. The van der Waals surface area contributed by atoms with E-state index >= 15 is 0 Å². The lowest BCUT2D eigenvalue weighted by Crippen LogP contribution is -2.06. The van der Waals surface area contributed by atoms with E-state index in [0.717, 1.165) is 10.2 Å². The fourth-order valence-electron chi connectivity index (χ4n) is 1.58. The molecule has 0 aliphatic heterocycles. The topological polar surface area (TPSA) is 53.4 Å². The largest absolute Gasteiger partial charge is 0.481 e. The lowest BCUT2D eigenvalue weighted by Gasteiger charge is -2.05. The minimum Gasteiger partial charge on any atom is -0.481 e. The number of esters is 1. The van der Waals surface area contributed by atoms with E-state index in [9.17, 15) is 4.79 Å². The Morgan fingerprint density at radius 2 is 1.74 bits per heavy atom. The molecule has 2 rings (SSSR count). The highest BCUT2D eigenvalue weighted by atomic mass is 79.9. The van der Waals surface area contributed by atoms with Crippen LogP contribution < -0.4 is 4.74 Å². The number of rotatable bonds is 4. The Labute approximate surface area is 146 Å². The number of carbonyl (C=O) groups is 1. The first-order valence-corrected chi connectivity index (χ1v) is 8.52. The average Bonchev–Trinajstić information content (AvgIpc) is 3.04. The zero-order chi connectivity index (χ0) is 17.8. The summed E-state index contributed by atoms with van der Waals surface area (Å²) in [6.45, 7) is 10.1. The molecule has 0 unspecified atom stereocenters. The third-order valence-corrected chi connectivity index (χ3v) is 2.97. The normalized spacial score (nSPS) is 9.00. The molecule has 0 aliphatic carbocycles. The molecule has 0 aliphatic rings. The minimum atomic E-state index is -0.461. The van der Waals surface area contributed by atoms with Crippen molar-refractivity contribution in [2.75, 3.05) is 13.7 Å². The number of ether oxygens (including phenoxy) is 2. The summed E-state index contributed by atoms with van der Waals surface area (Å²) in [6, 6.07) is 9.07. The van der Waals surface area contributed by atoms with Gasteiger partial charge in [0, 0.05) is 10.5 Å². The fourth-order valence-corrected chi connectivity index (χ4v) is 1.85. The maximum absolute atomic E-state index is 11.7. The molecule has 0 amide bonds. The molecule has 1 aromatic carbocycles. The van der Waals surface area contributed by atoms with Gasteiger partial charge in [0.05, 0.1) is 19.4 Å². The van der Waals surface area contributed by atoms with Crippen LogP contribution in [0.2, 0.25) is 0 Å². The molecular weight excluding hydrogens is 360 g/mol. The first-order chi connectivity index (χ1) is 11.2. The van der Waals surface area contributed by atoms with E-state index in [1.54, 1.807) is 17.7 Å². The molecule has 128 valence electrons. The molecule has 23 heavy (non-hydrogen) atoms. The van der Waals surface area contributed by atoms with E-state index < -0.39 is 5.97 Å². The molecule has 0 bridgehead atoms.